The largest absolute Gasteiger partial charge is 0.467 e. The van der Waals surface area contributed by atoms with Crippen molar-refractivity contribution in [3.05, 3.63) is 53.5 Å². The molecule has 0 aliphatic carbocycles. The van der Waals surface area contributed by atoms with Crippen LogP contribution in [0.3, 0.4) is 0 Å². The van der Waals surface area contributed by atoms with Crippen molar-refractivity contribution in [2.45, 2.75) is 19.9 Å². The van der Waals surface area contributed by atoms with Gasteiger partial charge in [0, 0.05) is 38.4 Å². The number of benzene rings is 1. The van der Waals surface area contributed by atoms with Gasteiger partial charge in [-0.25, -0.2) is 0 Å². The zero-order valence-corrected chi connectivity index (χ0v) is 14.5. The maximum atomic E-state index is 12.9. The molecule has 6 heteroatoms. The molecule has 0 unspecified atom stereocenters. The second-order valence-electron chi connectivity index (χ2n) is 6.06. The first-order valence-corrected chi connectivity index (χ1v) is 8.31. The molecule has 2 aromatic rings. The lowest BCUT2D eigenvalue weighted by atomic mass is 10.1. The van der Waals surface area contributed by atoms with E-state index in [1.807, 2.05) is 18.2 Å². The second kappa shape index (κ2) is 7.53. The minimum atomic E-state index is -0.0717. The summed E-state index contributed by atoms with van der Waals surface area (Å²) in [6, 6.07) is 9.19. The molecule has 0 spiro atoms. The van der Waals surface area contributed by atoms with E-state index in [0.29, 0.717) is 31.8 Å². The summed E-state index contributed by atoms with van der Waals surface area (Å²) >= 11 is 0. The lowest BCUT2D eigenvalue weighted by Gasteiger charge is -2.22. The van der Waals surface area contributed by atoms with Crippen molar-refractivity contribution in [3.63, 3.8) is 0 Å². The van der Waals surface area contributed by atoms with Crippen LogP contribution in [0.1, 0.15) is 28.6 Å². The zero-order valence-electron chi connectivity index (χ0n) is 14.5. The van der Waals surface area contributed by atoms with Crippen LogP contribution in [0.5, 0.6) is 0 Å². The van der Waals surface area contributed by atoms with Crippen LogP contribution in [0.2, 0.25) is 0 Å². The fraction of sp³-hybridized carbons (Fsp3) is 0.368. The highest BCUT2D eigenvalue weighted by atomic mass is 16.5. The number of carbonyl (C=O) groups excluding carboxylic acids is 2. The molecule has 1 aliphatic rings. The molecule has 1 aliphatic heterocycles. The van der Waals surface area contributed by atoms with Gasteiger partial charge >= 0.3 is 0 Å². The molecule has 0 radical (unpaired) electrons. The van der Waals surface area contributed by atoms with E-state index in [4.69, 9.17) is 9.15 Å². The number of hydrogen-bond donors (Lipinski definition) is 0. The van der Waals surface area contributed by atoms with E-state index in [9.17, 15) is 9.59 Å². The molecule has 0 atom stereocenters. The fourth-order valence-electron chi connectivity index (χ4n) is 3.09. The van der Waals surface area contributed by atoms with E-state index >= 15 is 0 Å². The molecule has 0 fully saturated rings. The van der Waals surface area contributed by atoms with E-state index in [2.05, 4.69) is 0 Å². The molecular formula is C19H22N2O4. The summed E-state index contributed by atoms with van der Waals surface area (Å²) in [5.41, 5.74) is 2.55. The maximum absolute atomic E-state index is 12.9. The summed E-state index contributed by atoms with van der Waals surface area (Å²) in [6.45, 7) is 3.56. The molecule has 25 heavy (non-hydrogen) atoms. The highest BCUT2D eigenvalue weighted by Gasteiger charge is 2.24. The van der Waals surface area contributed by atoms with E-state index < -0.39 is 0 Å². The van der Waals surface area contributed by atoms with Crippen molar-refractivity contribution in [1.29, 1.82) is 0 Å². The van der Waals surface area contributed by atoms with Crippen LogP contribution in [0.4, 0.5) is 5.69 Å². The molecule has 0 saturated heterocycles. The lowest BCUT2D eigenvalue weighted by molar-refractivity contribution is -0.116. The number of rotatable bonds is 6. The highest BCUT2D eigenvalue weighted by Crippen LogP contribution is 2.29. The van der Waals surface area contributed by atoms with Crippen LogP contribution < -0.4 is 4.90 Å². The molecule has 1 aromatic carbocycles. The summed E-state index contributed by atoms with van der Waals surface area (Å²) in [6.07, 6.45) is 2.37. The molecule has 0 N–H and O–H groups in total. The first-order chi connectivity index (χ1) is 12.1. The third-order valence-electron chi connectivity index (χ3n) is 4.38. The Labute approximate surface area is 147 Å². The first kappa shape index (κ1) is 17.2. The Bertz CT molecular complexity index is 755. The zero-order chi connectivity index (χ0) is 17.8. The van der Waals surface area contributed by atoms with Crippen molar-refractivity contribution in [2.75, 3.05) is 31.7 Å². The van der Waals surface area contributed by atoms with Gasteiger partial charge in [-0.3, -0.25) is 9.59 Å². The van der Waals surface area contributed by atoms with Gasteiger partial charge in [0.25, 0.3) is 5.91 Å². The van der Waals surface area contributed by atoms with Gasteiger partial charge in [0.05, 0.1) is 19.4 Å². The third-order valence-corrected chi connectivity index (χ3v) is 4.38. The van der Waals surface area contributed by atoms with Gasteiger partial charge < -0.3 is 19.0 Å². The Kier molecular flexibility index (Phi) is 5.19. The molecule has 132 valence electrons. The van der Waals surface area contributed by atoms with E-state index in [1.165, 1.54) is 0 Å². The smallest absolute Gasteiger partial charge is 0.254 e. The van der Waals surface area contributed by atoms with Crippen LogP contribution in [-0.2, 0) is 22.5 Å². The number of furan rings is 1. The highest BCUT2D eigenvalue weighted by molar-refractivity contribution is 5.97. The average Bonchev–Trinajstić information content (AvgIpc) is 3.26. The molecule has 0 bridgehead atoms. The fourth-order valence-corrected chi connectivity index (χ4v) is 3.09. The van der Waals surface area contributed by atoms with Crippen LogP contribution in [0.15, 0.2) is 41.0 Å². The maximum Gasteiger partial charge on any atom is 0.254 e. The van der Waals surface area contributed by atoms with Gasteiger partial charge in [0.1, 0.15) is 5.76 Å². The number of ether oxygens (including phenoxy) is 1. The normalized spacial score (nSPS) is 13.0. The molecule has 2 amide bonds. The van der Waals surface area contributed by atoms with Gasteiger partial charge in [0.15, 0.2) is 0 Å². The van der Waals surface area contributed by atoms with Gasteiger partial charge in [-0.15, -0.1) is 0 Å². The predicted octanol–water partition coefficient (Wildman–Crippen LogP) is 2.48. The Hall–Kier alpha value is -2.60. The quantitative estimate of drug-likeness (QED) is 0.809. The van der Waals surface area contributed by atoms with Crippen molar-refractivity contribution in [3.8, 4) is 0 Å². The summed E-state index contributed by atoms with van der Waals surface area (Å²) in [5, 5.41) is 0. The number of amides is 2. The predicted molar refractivity (Wildman–Crippen MR) is 93.5 cm³/mol. The van der Waals surface area contributed by atoms with Gasteiger partial charge in [0.2, 0.25) is 5.91 Å². The molecule has 1 aromatic heterocycles. The Morgan fingerprint density at radius 3 is 2.84 bits per heavy atom. The van der Waals surface area contributed by atoms with Gasteiger partial charge in [-0.2, -0.15) is 0 Å². The van der Waals surface area contributed by atoms with E-state index in [-0.39, 0.29) is 11.8 Å². The number of fused-ring (bicyclic) bond motifs is 1. The molecule has 6 nitrogen and oxygen atoms in total. The number of nitrogens with zero attached hydrogens (tertiary/aromatic N) is 2. The third kappa shape index (κ3) is 3.74. The molecule has 0 saturated carbocycles. The number of hydrogen-bond acceptors (Lipinski definition) is 4. The first-order valence-electron chi connectivity index (χ1n) is 8.31. The average molecular weight is 342 g/mol. The molecule has 2 heterocycles. The van der Waals surface area contributed by atoms with Crippen molar-refractivity contribution in [2.24, 2.45) is 0 Å². The molecule has 3 rings (SSSR count). The molecular weight excluding hydrogens is 320 g/mol. The van der Waals surface area contributed by atoms with Crippen molar-refractivity contribution in [1.82, 2.24) is 4.90 Å². The van der Waals surface area contributed by atoms with Crippen LogP contribution in [0, 0.1) is 0 Å². The van der Waals surface area contributed by atoms with Gasteiger partial charge in [-0.05, 0) is 42.3 Å². The monoisotopic (exact) mass is 342 g/mol. The topological polar surface area (TPSA) is 63.0 Å². The van der Waals surface area contributed by atoms with Crippen molar-refractivity contribution < 1.29 is 18.7 Å². The minimum Gasteiger partial charge on any atom is -0.467 e. The standard InChI is InChI=1S/C19H22N2O4/c1-14(22)21-8-7-15-12-16(5-6-18(15)21)19(23)20(9-11-24-2)13-17-4-3-10-25-17/h3-6,10,12H,7-9,11,13H2,1-2H3. The Morgan fingerprint density at radius 2 is 2.16 bits per heavy atom. The van der Waals surface area contributed by atoms with Crippen LogP contribution in [-0.4, -0.2) is 43.5 Å². The van der Waals surface area contributed by atoms with E-state index in [0.717, 1.165) is 23.4 Å². The lowest BCUT2D eigenvalue weighted by Crippen LogP contribution is -2.33. The van der Waals surface area contributed by atoms with Crippen LogP contribution in [0.25, 0.3) is 0 Å². The number of carbonyl (C=O) groups is 2. The summed E-state index contributed by atoms with van der Waals surface area (Å²) in [5.74, 6) is 0.684. The minimum absolute atomic E-state index is 0.0253. The Balaban J connectivity index is 1.81. The second-order valence-corrected chi connectivity index (χ2v) is 6.06. The van der Waals surface area contributed by atoms with Gasteiger partial charge in [-0.1, -0.05) is 0 Å². The Morgan fingerprint density at radius 1 is 1.32 bits per heavy atom. The summed E-state index contributed by atoms with van der Waals surface area (Å²) < 4.78 is 10.5. The van der Waals surface area contributed by atoms with Crippen molar-refractivity contribution >= 4 is 17.5 Å². The summed E-state index contributed by atoms with van der Waals surface area (Å²) in [4.78, 5) is 28.1. The van der Waals surface area contributed by atoms with E-state index in [1.54, 1.807) is 42.2 Å². The van der Waals surface area contributed by atoms with Crippen LogP contribution >= 0.6 is 0 Å². The summed E-state index contributed by atoms with van der Waals surface area (Å²) in [7, 11) is 1.61. The number of anilines is 1. The number of methoxy groups -OCH3 is 1. The SMILES string of the molecule is COCCN(Cc1ccco1)C(=O)c1ccc2c(c1)CCN2C(C)=O.